The van der Waals surface area contributed by atoms with Crippen LogP contribution in [0.4, 0.5) is 4.79 Å². The number of hydrogen-bond donors (Lipinski definition) is 0. The Labute approximate surface area is 246 Å². The summed E-state index contributed by atoms with van der Waals surface area (Å²) < 4.78 is 17.1. The highest BCUT2D eigenvalue weighted by Crippen LogP contribution is 2.35. The number of methoxy groups -OCH3 is 1. The van der Waals surface area contributed by atoms with Crippen LogP contribution in [-0.2, 0) is 4.79 Å². The van der Waals surface area contributed by atoms with E-state index in [0.29, 0.717) is 22.6 Å². The molecule has 0 atom stereocenters. The molecule has 7 nitrogen and oxygen atoms in total. The van der Waals surface area contributed by atoms with E-state index in [2.05, 4.69) is 0 Å². The van der Waals surface area contributed by atoms with E-state index in [-0.39, 0.29) is 29.0 Å². The number of hydrogen-bond acceptors (Lipinski definition) is 7. The minimum Gasteiger partial charge on any atom is -0.493 e. The third kappa shape index (κ3) is 5.44. The summed E-state index contributed by atoms with van der Waals surface area (Å²) in [4.78, 5) is 40.2. The molecule has 0 spiro atoms. The predicted molar refractivity (Wildman–Crippen MR) is 164 cm³/mol. The summed E-state index contributed by atoms with van der Waals surface area (Å²) in [6.07, 6.45) is 1.62. The average Bonchev–Trinajstić information content (AvgIpc) is 3.28. The Kier molecular flexibility index (Phi) is 7.62. The molecular formula is C34H25NO6S. The van der Waals surface area contributed by atoms with Gasteiger partial charge in [0, 0.05) is 5.39 Å². The van der Waals surface area contributed by atoms with Crippen molar-refractivity contribution in [3.8, 4) is 17.2 Å². The largest absolute Gasteiger partial charge is 0.493 e. The van der Waals surface area contributed by atoms with Crippen LogP contribution in [0.5, 0.6) is 17.2 Å². The second-order valence-corrected chi connectivity index (χ2v) is 10.5. The van der Waals surface area contributed by atoms with Gasteiger partial charge in [0.25, 0.3) is 11.1 Å². The molecule has 1 aliphatic heterocycles. The van der Waals surface area contributed by atoms with E-state index in [1.54, 1.807) is 30.3 Å². The van der Waals surface area contributed by atoms with Gasteiger partial charge in [-0.3, -0.25) is 14.5 Å². The Morgan fingerprint density at radius 2 is 1.48 bits per heavy atom. The fourth-order valence-electron chi connectivity index (χ4n) is 4.83. The molecule has 2 amide bonds. The highest BCUT2D eigenvalue weighted by molar-refractivity contribution is 8.18. The Balaban J connectivity index is 1.14. The van der Waals surface area contributed by atoms with Crippen LogP contribution in [-0.4, -0.2) is 42.3 Å². The maximum atomic E-state index is 13.1. The van der Waals surface area contributed by atoms with Crippen LogP contribution in [0, 0.1) is 0 Å². The zero-order valence-electron chi connectivity index (χ0n) is 22.6. The van der Waals surface area contributed by atoms with Crippen LogP contribution in [0.25, 0.3) is 27.6 Å². The molecule has 0 bridgehead atoms. The third-order valence-electron chi connectivity index (χ3n) is 6.89. The molecule has 6 rings (SSSR count). The first-order chi connectivity index (χ1) is 20.5. The van der Waals surface area contributed by atoms with Crippen molar-refractivity contribution in [2.45, 2.75) is 0 Å². The molecular weight excluding hydrogens is 550 g/mol. The Morgan fingerprint density at radius 1 is 0.786 bits per heavy atom. The Morgan fingerprint density at radius 3 is 2.26 bits per heavy atom. The summed E-state index contributed by atoms with van der Waals surface area (Å²) in [7, 11) is 1.47. The van der Waals surface area contributed by atoms with Gasteiger partial charge in [-0.05, 0) is 63.8 Å². The van der Waals surface area contributed by atoms with Crippen LogP contribution in [0.3, 0.4) is 0 Å². The topological polar surface area (TPSA) is 82.1 Å². The molecule has 1 aliphatic rings. The van der Waals surface area contributed by atoms with Crippen molar-refractivity contribution < 1.29 is 28.6 Å². The summed E-state index contributed by atoms with van der Waals surface area (Å²) in [5.41, 5.74) is 1.06. The van der Waals surface area contributed by atoms with Gasteiger partial charge < -0.3 is 14.2 Å². The summed E-state index contributed by atoms with van der Waals surface area (Å²) in [6.45, 7) is 0.293. The third-order valence-corrected chi connectivity index (χ3v) is 7.80. The summed E-state index contributed by atoms with van der Waals surface area (Å²) in [5.74, 6) is 0.358. The van der Waals surface area contributed by atoms with Gasteiger partial charge in [0.05, 0.1) is 24.1 Å². The SMILES string of the molecule is COc1cc(/C=C2\SC(=O)N(CCOc3cccc4ccccc34)C2=O)ccc1OC(=O)c1cccc2ccccc12. The average molecular weight is 576 g/mol. The van der Waals surface area contributed by atoms with Crippen molar-refractivity contribution in [1.82, 2.24) is 4.90 Å². The number of fused-ring (bicyclic) bond motifs is 2. The first kappa shape index (κ1) is 27.1. The van der Waals surface area contributed by atoms with Crippen molar-refractivity contribution in [3.63, 3.8) is 0 Å². The normalized spacial score (nSPS) is 14.1. The second-order valence-electron chi connectivity index (χ2n) is 9.49. The van der Waals surface area contributed by atoms with Crippen LogP contribution >= 0.6 is 11.8 Å². The molecule has 208 valence electrons. The minimum absolute atomic E-state index is 0.123. The molecule has 5 aromatic carbocycles. The lowest BCUT2D eigenvalue weighted by Gasteiger charge is -2.14. The lowest BCUT2D eigenvalue weighted by atomic mass is 10.0. The molecule has 1 heterocycles. The summed E-state index contributed by atoms with van der Waals surface area (Å²) in [5, 5.41) is 3.38. The van der Waals surface area contributed by atoms with Crippen molar-refractivity contribution in [3.05, 3.63) is 119 Å². The van der Waals surface area contributed by atoms with E-state index < -0.39 is 11.9 Å². The Hall–Kier alpha value is -5.08. The van der Waals surface area contributed by atoms with Crippen LogP contribution in [0.2, 0.25) is 0 Å². The van der Waals surface area contributed by atoms with Crippen molar-refractivity contribution in [1.29, 1.82) is 0 Å². The number of carbonyl (C=O) groups is 3. The van der Waals surface area contributed by atoms with Gasteiger partial charge in [0.1, 0.15) is 12.4 Å². The monoisotopic (exact) mass is 575 g/mol. The highest BCUT2D eigenvalue weighted by Gasteiger charge is 2.35. The summed E-state index contributed by atoms with van der Waals surface area (Å²) in [6, 6.07) is 31.6. The van der Waals surface area contributed by atoms with Gasteiger partial charge in [0.2, 0.25) is 0 Å². The number of thioether (sulfide) groups is 1. The molecule has 0 N–H and O–H groups in total. The standard InChI is InChI=1S/C34H25NO6S/c1-39-30-20-22(16-17-29(30)41-33(37)27-14-6-10-23-8-2-4-12-25(23)27)21-31-32(36)35(34(38)42-31)18-19-40-28-15-7-11-24-9-3-5-13-26(24)28/h2-17,20-21H,18-19H2,1H3/b31-21-. The second kappa shape index (κ2) is 11.8. The van der Waals surface area contributed by atoms with Crippen LogP contribution in [0.15, 0.2) is 108 Å². The van der Waals surface area contributed by atoms with E-state index in [4.69, 9.17) is 14.2 Å². The molecule has 0 saturated carbocycles. The number of esters is 1. The molecule has 0 radical (unpaired) electrons. The van der Waals surface area contributed by atoms with E-state index in [1.165, 1.54) is 12.0 Å². The first-order valence-corrected chi connectivity index (χ1v) is 14.1. The van der Waals surface area contributed by atoms with Gasteiger partial charge >= 0.3 is 5.97 Å². The highest BCUT2D eigenvalue weighted by atomic mass is 32.2. The molecule has 0 unspecified atom stereocenters. The maximum absolute atomic E-state index is 13.1. The van der Waals surface area contributed by atoms with E-state index >= 15 is 0 Å². The zero-order chi connectivity index (χ0) is 29.1. The summed E-state index contributed by atoms with van der Waals surface area (Å²) >= 11 is 0.869. The molecule has 8 heteroatoms. The van der Waals surface area contributed by atoms with Crippen LogP contribution < -0.4 is 14.2 Å². The molecule has 0 aliphatic carbocycles. The van der Waals surface area contributed by atoms with Crippen molar-refractivity contribution in [2.75, 3.05) is 20.3 Å². The predicted octanol–water partition coefficient (Wildman–Crippen LogP) is 7.34. The first-order valence-electron chi connectivity index (χ1n) is 13.3. The minimum atomic E-state index is -0.510. The quantitative estimate of drug-likeness (QED) is 0.109. The smallest absolute Gasteiger partial charge is 0.344 e. The van der Waals surface area contributed by atoms with Gasteiger partial charge in [-0.15, -0.1) is 0 Å². The number of carbonyl (C=O) groups excluding carboxylic acids is 3. The Bertz CT molecular complexity index is 1870. The molecule has 0 aromatic heterocycles. The van der Waals surface area contributed by atoms with E-state index in [0.717, 1.165) is 33.3 Å². The van der Waals surface area contributed by atoms with Gasteiger partial charge in [0.15, 0.2) is 11.5 Å². The zero-order valence-corrected chi connectivity index (χ0v) is 23.4. The molecule has 1 fully saturated rings. The van der Waals surface area contributed by atoms with Crippen LogP contribution in [0.1, 0.15) is 15.9 Å². The molecule has 5 aromatic rings. The van der Waals surface area contributed by atoms with E-state index in [9.17, 15) is 14.4 Å². The number of benzene rings is 5. The fourth-order valence-corrected chi connectivity index (χ4v) is 5.69. The molecule has 1 saturated heterocycles. The number of rotatable bonds is 8. The maximum Gasteiger partial charge on any atom is 0.344 e. The van der Waals surface area contributed by atoms with Crippen molar-refractivity contribution >= 4 is 56.5 Å². The number of imide groups is 1. The number of ether oxygens (including phenoxy) is 3. The fraction of sp³-hybridized carbons (Fsp3) is 0.0882. The van der Waals surface area contributed by atoms with E-state index in [1.807, 2.05) is 78.9 Å². The van der Waals surface area contributed by atoms with Crippen molar-refractivity contribution in [2.24, 2.45) is 0 Å². The molecule has 42 heavy (non-hydrogen) atoms. The number of amides is 2. The van der Waals surface area contributed by atoms with Gasteiger partial charge in [-0.2, -0.15) is 0 Å². The number of nitrogens with zero attached hydrogens (tertiary/aromatic N) is 1. The van der Waals surface area contributed by atoms with Gasteiger partial charge in [-0.25, -0.2) is 4.79 Å². The lowest BCUT2D eigenvalue weighted by molar-refractivity contribution is -0.123. The lowest BCUT2D eigenvalue weighted by Crippen LogP contribution is -2.32. The van der Waals surface area contributed by atoms with Gasteiger partial charge in [-0.1, -0.05) is 78.9 Å².